The van der Waals surface area contributed by atoms with E-state index in [-0.39, 0.29) is 11.9 Å². The van der Waals surface area contributed by atoms with Crippen LogP contribution in [0.25, 0.3) is 0 Å². The minimum absolute atomic E-state index is 0.0110. The Morgan fingerprint density at radius 3 is 2.64 bits per heavy atom. The van der Waals surface area contributed by atoms with Crippen LogP contribution in [0.5, 0.6) is 0 Å². The van der Waals surface area contributed by atoms with Crippen molar-refractivity contribution in [2.75, 3.05) is 24.5 Å². The predicted octanol–water partition coefficient (Wildman–Crippen LogP) is 3.27. The lowest BCUT2D eigenvalue weighted by atomic mass is 10.1. The van der Waals surface area contributed by atoms with Crippen molar-refractivity contribution in [2.45, 2.75) is 19.9 Å². The van der Waals surface area contributed by atoms with Gasteiger partial charge >= 0.3 is 6.03 Å². The molecule has 2 aromatic carbocycles. The molecule has 0 unspecified atom stereocenters. The number of benzene rings is 2. The molecule has 0 spiro atoms. The lowest BCUT2D eigenvalue weighted by molar-refractivity contribution is 0.0955. The fraction of sp³-hybridized carbons (Fsp3) is 0.300. The van der Waals surface area contributed by atoms with Gasteiger partial charge in [0, 0.05) is 37.4 Å². The smallest absolute Gasteiger partial charge is 0.324 e. The minimum atomic E-state index is -0.116. The second kappa shape index (κ2) is 7.83. The normalized spacial score (nSPS) is 14.5. The van der Waals surface area contributed by atoms with Crippen LogP contribution in [0.1, 0.15) is 29.3 Å². The maximum atomic E-state index is 12.9. The van der Waals surface area contributed by atoms with Crippen molar-refractivity contribution in [1.82, 2.24) is 10.2 Å². The molecule has 1 N–H and O–H groups in total. The van der Waals surface area contributed by atoms with Crippen LogP contribution in [-0.2, 0) is 6.54 Å². The highest BCUT2D eigenvalue weighted by Gasteiger charge is 2.27. The van der Waals surface area contributed by atoms with Gasteiger partial charge in [-0.25, -0.2) is 4.79 Å². The summed E-state index contributed by atoms with van der Waals surface area (Å²) in [6.45, 7) is 4.49. The Morgan fingerprint density at radius 1 is 1.08 bits per heavy atom. The Kier molecular flexibility index (Phi) is 5.33. The largest absolute Gasteiger partial charge is 0.352 e. The molecule has 0 bridgehead atoms. The molecule has 1 saturated heterocycles. The monoisotopic (exact) mass is 337 g/mol. The molecule has 0 radical (unpaired) electrons. The van der Waals surface area contributed by atoms with Gasteiger partial charge in [-0.1, -0.05) is 36.4 Å². The summed E-state index contributed by atoms with van der Waals surface area (Å²) < 4.78 is 0. The molecule has 25 heavy (non-hydrogen) atoms. The van der Waals surface area contributed by atoms with Crippen LogP contribution < -0.4 is 10.2 Å². The van der Waals surface area contributed by atoms with Gasteiger partial charge in [0.15, 0.2) is 0 Å². The van der Waals surface area contributed by atoms with E-state index in [2.05, 4.69) is 5.32 Å². The van der Waals surface area contributed by atoms with E-state index in [0.717, 1.165) is 24.2 Å². The van der Waals surface area contributed by atoms with Gasteiger partial charge in [0.25, 0.3) is 5.91 Å². The van der Waals surface area contributed by atoms with Gasteiger partial charge in [-0.3, -0.25) is 9.69 Å². The van der Waals surface area contributed by atoms with E-state index in [9.17, 15) is 9.59 Å². The summed E-state index contributed by atoms with van der Waals surface area (Å²) >= 11 is 0. The third-order valence-corrected chi connectivity index (χ3v) is 4.28. The number of nitrogens with zero attached hydrogens (tertiary/aromatic N) is 2. The number of anilines is 1. The average Bonchev–Trinajstić information content (AvgIpc) is 2.65. The summed E-state index contributed by atoms with van der Waals surface area (Å²) in [6, 6.07) is 17.2. The van der Waals surface area contributed by atoms with E-state index in [1.807, 2.05) is 54.3 Å². The molecule has 1 aliphatic rings. The highest BCUT2D eigenvalue weighted by Crippen LogP contribution is 2.22. The van der Waals surface area contributed by atoms with E-state index < -0.39 is 0 Å². The quantitative estimate of drug-likeness (QED) is 0.910. The minimum Gasteiger partial charge on any atom is -0.352 e. The van der Waals surface area contributed by atoms with Crippen LogP contribution in [0.3, 0.4) is 0 Å². The average molecular weight is 337 g/mol. The highest BCUT2D eigenvalue weighted by molar-refractivity contribution is 5.97. The summed E-state index contributed by atoms with van der Waals surface area (Å²) in [4.78, 5) is 28.5. The van der Waals surface area contributed by atoms with Gasteiger partial charge < -0.3 is 10.2 Å². The van der Waals surface area contributed by atoms with E-state index in [1.54, 1.807) is 17.0 Å². The number of hydrogen-bond donors (Lipinski definition) is 1. The van der Waals surface area contributed by atoms with Gasteiger partial charge in [-0.05, 0) is 37.1 Å². The Bertz CT molecular complexity index is 746. The van der Waals surface area contributed by atoms with Gasteiger partial charge in [0.2, 0.25) is 0 Å². The maximum absolute atomic E-state index is 12.9. The number of rotatable bonds is 5. The summed E-state index contributed by atoms with van der Waals surface area (Å²) in [5.41, 5.74) is 2.47. The molecule has 0 aliphatic carbocycles. The van der Waals surface area contributed by atoms with Gasteiger partial charge in [-0.2, -0.15) is 0 Å². The first kappa shape index (κ1) is 17.0. The second-order valence-corrected chi connectivity index (χ2v) is 6.10. The van der Waals surface area contributed by atoms with E-state index in [0.29, 0.717) is 25.2 Å². The Morgan fingerprint density at radius 2 is 1.88 bits per heavy atom. The van der Waals surface area contributed by atoms with Crippen molar-refractivity contribution >= 4 is 17.6 Å². The van der Waals surface area contributed by atoms with Gasteiger partial charge in [0.05, 0.1) is 0 Å². The molecule has 2 aromatic rings. The Balaban J connectivity index is 1.77. The van der Waals surface area contributed by atoms with Crippen LogP contribution in [0.4, 0.5) is 10.5 Å². The van der Waals surface area contributed by atoms with Gasteiger partial charge in [-0.15, -0.1) is 0 Å². The summed E-state index contributed by atoms with van der Waals surface area (Å²) in [6.07, 6.45) is 0.907. The van der Waals surface area contributed by atoms with Crippen LogP contribution in [0.2, 0.25) is 0 Å². The number of hydrogen-bond acceptors (Lipinski definition) is 2. The third-order valence-electron chi connectivity index (χ3n) is 4.28. The zero-order valence-electron chi connectivity index (χ0n) is 14.4. The lowest BCUT2D eigenvalue weighted by Gasteiger charge is -2.35. The topological polar surface area (TPSA) is 52.7 Å². The first-order chi connectivity index (χ1) is 12.2. The van der Waals surface area contributed by atoms with Crippen molar-refractivity contribution in [3.63, 3.8) is 0 Å². The molecular weight excluding hydrogens is 314 g/mol. The molecular formula is C20H23N3O2. The van der Waals surface area contributed by atoms with Crippen molar-refractivity contribution in [1.29, 1.82) is 0 Å². The zero-order valence-corrected chi connectivity index (χ0v) is 14.4. The maximum Gasteiger partial charge on any atom is 0.324 e. The first-order valence-corrected chi connectivity index (χ1v) is 8.67. The molecule has 3 amide bonds. The fourth-order valence-electron chi connectivity index (χ4n) is 3.05. The lowest BCUT2D eigenvalue weighted by Crippen LogP contribution is -2.49. The van der Waals surface area contributed by atoms with Crippen LogP contribution in [0, 0.1) is 0 Å². The third kappa shape index (κ3) is 3.99. The van der Waals surface area contributed by atoms with Crippen molar-refractivity contribution in [3.05, 3.63) is 65.7 Å². The molecule has 0 atom stereocenters. The standard InChI is InChI=1S/C20H23N3O2/c1-2-21-19(24)17-10-6-11-18(14-17)23-13-7-12-22(20(23)25)15-16-8-4-3-5-9-16/h3-6,8-11,14H,2,7,12-13,15H2,1H3,(H,21,24). The molecule has 0 saturated carbocycles. The SMILES string of the molecule is CCNC(=O)c1cccc(N2CCCN(Cc3ccccc3)C2=O)c1. The Hall–Kier alpha value is -2.82. The predicted molar refractivity (Wildman–Crippen MR) is 98.7 cm³/mol. The van der Waals surface area contributed by atoms with Crippen molar-refractivity contribution < 1.29 is 9.59 Å². The molecule has 1 fully saturated rings. The van der Waals surface area contributed by atoms with E-state index in [1.165, 1.54) is 0 Å². The van der Waals surface area contributed by atoms with Crippen LogP contribution in [0.15, 0.2) is 54.6 Å². The number of carbonyl (C=O) groups is 2. The highest BCUT2D eigenvalue weighted by atomic mass is 16.2. The van der Waals surface area contributed by atoms with Crippen molar-refractivity contribution in [3.8, 4) is 0 Å². The van der Waals surface area contributed by atoms with Crippen molar-refractivity contribution in [2.24, 2.45) is 0 Å². The summed E-state index contributed by atoms with van der Waals surface area (Å²) in [7, 11) is 0. The molecule has 1 aliphatic heterocycles. The Labute approximate surface area is 148 Å². The molecule has 3 rings (SSSR count). The van der Waals surface area contributed by atoms with E-state index in [4.69, 9.17) is 0 Å². The molecule has 130 valence electrons. The number of carbonyl (C=O) groups excluding carboxylic acids is 2. The number of nitrogens with one attached hydrogen (secondary N) is 1. The van der Waals surface area contributed by atoms with E-state index >= 15 is 0 Å². The summed E-state index contributed by atoms with van der Waals surface area (Å²) in [5.74, 6) is -0.116. The first-order valence-electron chi connectivity index (χ1n) is 8.67. The van der Waals surface area contributed by atoms with Gasteiger partial charge in [0.1, 0.15) is 0 Å². The molecule has 1 heterocycles. The number of amides is 3. The number of urea groups is 1. The second-order valence-electron chi connectivity index (χ2n) is 6.10. The molecule has 5 heteroatoms. The molecule has 0 aromatic heterocycles. The van der Waals surface area contributed by atoms with Crippen LogP contribution in [-0.4, -0.2) is 36.5 Å². The summed E-state index contributed by atoms with van der Waals surface area (Å²) in [5, 5.41) is 2.79. The fourth-order valence-corrected chi connectivity index (χ4v) is 3.05. The van der Waals surface area contributed by atoms with Crippen LogP contribution >= 0.6 is 0 Å². The molecule has 5 nitrogen and oxygen atoms in total. The zero-order chi connectivity index (χ0) is 17.6.